The number of imidazole rings is 1. The summed E-state index contributed by atoms with van der Waals surface area (Å²) in [6.45, 7) is 0.525. The molecular formula is C21H15ClFN3O. The van der Waals surface area contributed by atoms with E-state index in [9.17, 15) is 9.18 Å². The average molecular weight is 380 g/mol. The van der Waals surface area contributed by atoms with Gasteiger partial charge in [0.2, 0.25) is 5.95 Å². The van der Waals surface area contributed by atoms with E-state index in [1.807, 2.05) is 53.1 Å². The number of anilines is 1. The minimum atomic E-state index is -0.387. The molecule has 134 valence electrons. The van der Waals surface area contributed by atoms with Crippen molar-refractivity contribution in [1.82, 2.24) is 9.55 Å². The number of hydrogen-bond acceptors (Lipinski definition) is 2. The average Bonchev–Trinajstić information content (AvgIpc) is 3.01. The molecule has 0 aliphatic heterocycles. The highest BCUT2D eigenvalue weighted by Crippen LogP contribution is 2.22. The van der Waals surface area contributed by atoms with Crippen LogP contribution in [-0.4, -0.2) is 15.5 Å². The van der Waals surface area contributed by atoms with Gasteiger partial charge in [0, 0.05) is 10.6 Å². The van der Waals surface area contributed by atoms with Crippen LogP contribution < -0.4 is 5.32 Å². The van der Waals surface area contributed by atoms with Crippen LogP contribution in [0.3, 0.4) is 0 Å². The van der Waals surface area contributed by atoms with Crippen molar-refractivity contribution in [3.05, 3.63) is 94.8 Å². The summed E-state index contributed by atoms with van der Waals surface area (Å²) in [7, 11) is 0. The maximum Gasteiger partial charge on any atom is 0.257 e. The zero-order valence-corrected chi connectivity index (χ0v) is 14.9. The van der Waals surface area contributed by atoms with Crippen molar-refractivity contribution >= 4 is 34.5 Å². The molecule has 0 atom stereocenters. The minimum absolute atomic E-state index is 0.345. The summed E-state index contributed by atoms with van der Waals surface area (Å²) in [5, 5.41) is 3.50. The Labute approximate surface area is 160 Å². The number of fused-ring (bicyclic) bond motifs is 1. The van der Waals surface area contributed by atoms with Crippen molar-refractivity contribution in [3.8, 4) is 0 Å². The van der Waals surface area contributed by atoms with Crippen molar-refractivity contribution in [1.29, 1.82) is 0 Å². The van der Waals surface area contributed by atoms with E-state index >= 15 is 0 Å². The molecule has 0 aliphatic rings. The number of hydrogen-bond donors (Lipinski definition) is 1. The largest absolute Gasteiger partial charge is 0.305 e. The summed E-state index contributed by atoms with van der Waals surface area (Å²) in [5.74, 6) is -0.301. The number of carbonyl (C=O) groups excluding carboxylic acids is 1. The zero-order chi connectivity index (χ0) is 18.8. The highest BCUT2D eigenvalue weighted by molar-refractivity contribution is 6.30. The van der Waals surface area contributed by atoms with E-state index in [-0.39, 0.29) is 11.7 Å². The lowest BCUT2D eigenvalue weighted by Gasteiger charge is -2.10. The third kappa shape index (κ3) is 3.68. The van der Waals surface area contributed by atoms with E-state index in [0.29, 0.717) is 23.1 Å². The first kappa shape index (κ1) is 17.2. The lowest BCUT2D eigenvalue weighted by atomic mass is 10.2. The molecule has 0 saturated heterocycles. The monoisotopic (exact) mass is 379 g/mol. The van der Waals surface area contributed by atoms with Gasteiger partial charge in [0.05, 0.1) is 17.6 Å². The van der Waals surface area contributed by atoms with E-state index in [2.05, 4.69) is 10.3 Å². The standard InChI is InChI=1S/C21H15ClFN3O/c22-16-9-5-14(6-10-16)13-26-19-4-2-1-3-18(19)24-21(26)25-20(27)15-7-11-17(23)12-8-15/h1-12H,13H2,(H,24,25,27). The van der Waals surface area contributed by atoms with Gasteiger partial charge >= 0.3 is 0 Å². The Morgan fingerprint density at radius 3 is 2.44 bits per heavy atom. The Morgan fingerprint density at radius 1 is 1.00 bits per heavy atom. The van der Waals surface area contributed by atoms with E-state index in [1.165, 1.54) is 24.3 Å². The Kier molecular flexibility index (Phi) is 4.60. The summed E-state index contributed by atoms with van der Waals surface area (Å²) < 4.78 is 15.0. The molecule has 4 aromatic rings. The molecule has 1 N–H and O–H groups in total. The highest BCUT2D eigenvalue weighted by atomic mass is 35.5. The normalized spacial score (nSPS) is 10.9. The Hall–Kier alpha value is -3.18. The molecule has 0 bridgehead atoms. The van der Waals surface area contributed by atoms with Crippen LogP contribution in [0.25, 0.3) is 11.0 Å². The van der Waals surface area contributed by atoms with Crippen molar-refractivity contribution in [3.63, 3.8) is 0 Å². The van der Waals surface area contributed by atoms with Gasteiger partial charge in [-0.3, -0.25) is 10.1 Å². The molecule has 0 spiro atoms. The smallest absolute Gasteiger partial charge is 0.257 e. The zero-order valence-electron chi connectivity index (χ0n) is 14.2. The van der Waals surface area contributed by atoms with Crippen molar-refractivity contribution in [2.75, 3.05) is 5.32 Å². The molecule has 0 radical (unpaired) electrons. The number of para-hydroxylation sites is 2. The second-order valence-electron chi connectivity index (χ2n) is 6.10. The van der Waals surface area contributed by atoms with Crippen molar-refractivity contribution in [2.24, 2.45) is 0 Å². The number of aromatic nitrogens is 2. The quantitative estimate of drug-likeness (QED) is 0.534. The van der Waals surface area contributed by atoms with Crippen LogP contribution in [0.4, 0.5) is 10.3 Å². The molecule has 4 nitrogen and oxygen atoms in total. The fourth-order valence-corrected chi connectivity index (χ4v) is 3.00. The van der Waals surface area contributed by atoms with Crippen LogP contribution in [0.1, 0.15) is 15.9 Å². The maximum absolute atomic E-state index is 13.1. The molecule has 6 heteroatoms. The van der Waals surface area contributed by atoms with Gasteiger partial charge < -0.3 is 4.57 Å². The van der Waals surface area contributed by atoms with Gasteiger partial charge in [-0.1, -0.05) is 35.9 Å². The van der Waals surface area contributed by atoms with Gasteiger partial charge in [-0.25, -0.2) is 9.37 Å². The second-order valence-corrected chi connectivity index (χ2v) is 6.53. The van der Waals surface area contributed by atoms with Crippen LogP contribution in [0.15, 0.2) is 72.8 Å². The third-order valence-corrected chi connectivity index (χ3v) is 4.49. The molecule has 4 rings (SSSR count). The van der Waals surface area contributed by atoms with E-state index in [1.54, 1.807) is 0 Å². The fourth-order valence-electron chi connectivity index (χ4n) is 2.88. The number of amides is 1. The van der Waals surface area contributed by atoms with Gasteiger partial charge in [0.15, 0.2) is 0 Å². The predicted octanol–water partition coefficient (Wildman–Crippen LogP) is 5.13. The summed E-state index contributed by atoms with van der Waals surface area (Å²) in [6.07, 6.45) is 0. The Morgan fingerprint density at radius 2 is 1.70 bits per heavy atom. The molecule has 0 aliphatic carbocycles. The first-order valence-electron chi connectivity index (χ1n) is 8.37. The summed E-state index contributed by atoms with van der Waals surface area (Å²) in [6, 6.07) is 20.6. The number of rotatable bonds is 4. The second kappa shape index (κ2) is 7.21. The predicted molar refractivity (Wildman–Crippen MR) is 105 cm³/mol. The highest BCUT2D eigenvalue weighted by Gasteiger charge is 2.15. The third-order valence-electron chi connectivity index (χ3n) is 4.24. The van der Waals surface area contributed by atoms with Gasteiger partial charge in [0.25, 0.3) is 5.91 Å². The van der Waals surface area contributed by atoms with Crippen LogP contribution in [-0.2, 0) is 6.54 Å². The number of nitrogens with one attached hydrogen (secondary N) is 1. The number of benzene rings is 3. The van der Waals surface area contributed by atoms with E-state index in [0.717, 1.165) is 16.6 Å². The minimum Gasteiger partial charge on any atom is -0.305 e. The van der Waals surface area contributed by atoms with Crippen LogP contribution in [0.5, 0.6) is 0 Å². The lowest BCUT2D eigenvalue weighted by molar-refractivity contribution is 0.102. The molecule has 1 heterocycles. The SMILES string of the molecule is O=C(Nc1nc2ccccc2n1Cc1ccc(Cl)cc1)c1ccc(F)cc1. The Balaban J connectivity index is 1.70. The van der Waals surface area contributed by atoms with Crippen LogP contribution in [0, 0.1) is 5.82 Å². The topological polar surface area (TPSA) is 46.9 Å². The van der Waals surface area contributed by atoms with Gasteiger partial charge in [-0.15, -0.1) is 0 Å². The van der Waals surface area contributed by atoms with Gasteiger partial charge in [0.1, 0.15) is 5.82 Å². The summed E-state index contributed by atoms with van der Waals surface area (Å²) >= 11 is 5.96. The lowest BCUT2D eigenvalue weighted by Crippen LogP contribution is -2.16. The number of halogens is 2. The van der Waals surface area contributed by atoms with Gasteiger partial charge in [-0.05, 0) is 54.1 Å². The number of carbonyl (C=O) groups is 1. The first-order valence-corrected chi connectivity index (χ1v) is 8.74. The van der Waals surface area contributed by atoms with E-state index in [4.69, 9.17) is 11.6 Å². The molecule has 1 amide bonds. The molecule has 3 aromatic carbocycles. The summed E-state index contributed by atoms with van der Waals surface area (Å²) in [5.41, 5.74) is 3.07. The molecule has 0 fully saturated rings. The summed E-state index contributed by atoms with van der Waals surface area (Å²) in [4.78, 5) is 17.1. The fraction of sp³-hybridized carbons (Fsp3) is 0.0476. The van der Waals surface area contributed by atoms with E-state index < -0.39 is 0 Å². The molecule has 1 aromatic heterocycles. The Bertz CT molecular complexity index is 1100. The first-order chi connectivity index (χ1) is 13.1. The molecular weight excluding hydrogens is 365 g/mol. The van der Waals surface area contributed by atoms with Crippen molar-refractivity contribution < 1.29 is 9.18 Å². The molecule has 0 unspecified atom stereocenters. The van der Waals surface area contributed by atoms with Crippen LogP contribution >= 0.6 is 11.6 Å². The number of nitrogens with zero attached hydrogens (tertiary/aromatic N) is 2. The van der Waals surface area contributed by atoms with Gasteiger partial charge in [-0.2, -0.15) is 0 Å². The molecule has 27 heavy (non-hydrogen) atoms. The molecule has 0 saturated carbocycles. The van der Waals surface area contributed by atoms with Crippen molar-refractivity contribution in [2.45, 2.75) is 6.54 Å². The maximum atomic E-state index is 13.1. The van der Waals surface area contributed by atoms with Crippen LogP contribution in [0.2, 0.25) is 5.02 Å².